The highest BCUT2D eigenvalue weighted by Crippen LogP contribution is 2.16. The van der Waals surface area contributed by atoms with Crippen LogP contribution >= 0.6 is 11.6 Å². The summed E-state index contributed by atoms with van der Waals surface area (Å²) in [4.78, 5) is 24.1. The molecule has 132 valence electrons. The molecule has 0 radical (unpaired) electrons. The van der Waals surface area contributed by atoms with Crippen LogP contribution < -0.4 is 4.72 Å². The van der Waals surface area contributed by atoms with Crippen LogP contribution in [-0.2, 0) is 26.0 Å². The van der Waals surface area contributed by atoms with Crippen LogP contribution in [0.2, 0.25) is 0 Å². The molecule has 25 heavy (non-hydrogen) atoms. The van der Waals surface area contributed by atoms with E-state index in [4.69, 9.17) is 11.6 Å². The van der Waals surface area contributed by atoms with Crippen LogP contribution in [0, 0.1) is 6.92 Å². The van der Waals surface area contributed by atoms with Crippen molar-refractivity contribution in [3.8, 4) is 0 Å². The van der Waals surface area contributed by atoms with E-state index in [9.17, 15) is 18.0 Å². The predicted octanol–water partition coefficient (Wildman–Crippen LogP) is 2.26. The number of hydrogen-bond acceptors (Lipinski definition) is 4. The van der Waals surface area contributed by atoms with E-state index in [1.165, 1.54) is 6.07 Å². The standard InChI is InChI=1S/C18H18ClNO4S/c1-13-7-5-6-10-17(13)25(23,24)20-15(18(22)16(21)12-19)11-14-8-3-2-4-9-14/h2-10,15,20H,11-12H2,1H3/t15-/m0/s1. The second-order valence-corrected chi connectivity index (χ2v) is 7.50. The second kappa shape index (κ2) is 8.38. The van der Waals surface area contributed by atoms with Crippen molar-refractivity contribution in [2.24, 2.45) is 0 Å². The van der Waals surface area contributed by atoms with Crippen LogP contribution in [0.3, 0.4) is 0 Å². The van der Waals surface area contributed by atoms with E-state index in [2.05, 4.69) is 4.72 Å². The van der Waals surface area contributed by atoms with Crippen LogP contribution in [0.25, 0.3) is 0 Å². The van der Waals surface area contributed by atoms with Gasteiger partial charge in [0.25, 0.3) is 0 Å². The monoisotopic (exact) mass is 379 g/mol. The molecule has 0 aromatic heterocycles. The van der Waals surface area contributed by atoms with Gasteiger partial charge in [0, 0.05) is 0 Å². The van der Waals surface area contributed by atoms with Crippen molar-refractivity contribution in [1.82, 2.24) is 4.72 Å². The van der Waals surface area contributed by atoms with Crippen LogP contribution in [0.15, 0.2) is 59.5 Å². The third-order valence-corrected chi connectivity index (χ3v) is 5.55. The molecular formula is C18H18ClNO4S. The van der Waals surface area contributed by atoms with Gasteiger partial charge in [0.15, 0.2) is 0 Å². The Labute approximate surface area is 152 Å². The topological polar surface area (TPSA) is 80.3 Å². The number of rotatable bonds is 8. The summed E-state index contributed by atoms with van der Waals surface area (Å²) in [7, 11) is -3.96. The molecule has 1 atom stereocenters. The minimum Gasteiger partial charge on any atom is -0.289 e. The third kappa shape index (κ3) is 4.98. The van der Waals surface area contributed by atoms with E-state index < -0.39 is 33.5 Å². The fourth-order valence-corrected chi connectivity index (χ4v) is 3.98. The number of aryl methyl sites for hydroxylation is 1. The Kier molecular flexibility index (Phi) is 6.47. The number of carbonyl (C=O) groups excluding carboxylic acids is 2. The Balaban J connectivity index is 2.34. The number of hydrogen-bond donors (Lipinski definition) is 1. The summed E-state index contributed by atoms with van der Waals surface area (Å²) in [6.07, 6.45) is 0.0629. The maximum Gasteiger partial charge on any atom is 0.241 e. The molecule has 0 spiro atoms. The molecule has 7 heteroatoms. The number of ketones is 2. The van der Waals surface area contributed by atoms with Gasteiger partial charge in [0.2, 0.25) is 21.6 Å². The van der Waals surface area contributed by atoms with E-state index >= 15 is 0 Å². The lowest BCUT2D eigenvalue weighted by molar-refractivity contribution is -0.136. The molecule has 0 aliphatic carbocycles. The number of halogens is 1. The number of alkyl halides is 1. The molecule has 0 bridgehead atoms. The van der Waals surface area contributed by atoms with Gasteiger partial charge >= 0.3 is 0 Å². The molecule has 0 fully saturated rings. The zero-order valence-corrected chi connectivity index (χ0v) is 15.2. The maximum atomic E-state index is 12.7. The Hall–Kier alpha value is -2.02. The van der Waals surface area contributed by atoms with E-state index in [0.29, 0.717) is 5.56 Å². The summed E-state index contributed by atoms with van der Waals surface area (Å²) in [6, 6.07) is 14.1. The maximum absolute atomic E-state index is 12.7. The fraction of sp³-hybridized carbons (Fsp3) is 0.222. The number of sulfonamides is 1. The average Bonchev–Trinajstić information content (AvgIpc) is 2.60. The van der Waals surface area contributed by atoms with Crippen molar-refractivity contribution in [2.45, 2.75) is 24.3 Å². The molecule has 0 heterocycles. The van der Waals surface area contributed by atoms with E-state index in [0.717, 1.165) is 5.56 Å². The normalized spacial score (nSPS) is 12.6. The zero-order chi connectivity index (χ0) is 18.4. The summed E-state index contributed by atoms with van der Waals surface area (Å²) in [5, 5.41) is 0. The van der Waals surface area contributed by atoms with Gasteiger partial charge < -0.3 is 0 Å². The lowest BCUT2D eigenvalue weighted by atomic mass is 10.0. The largest absolute Gasteiger partial charge is 0.289 e. The van der Waals surface area contributed by atoms with Gasteiger partial charge in [-0.1, -0.05) is 48.5 Å². The molecule has 0 saturated carbocycles. The van der Waals surface area contributed by atoms with Crippen LogP contribution in [0.1, 0.15) is 11.1 Å². The number of benzene rings is 2. The van der Waals surface area contributed by atoms with Crippen LogP contribution in [0.5, 0.6) is 0 Å². The summed E-state index contributed by atoms with van der Waals surface area (Å²) >= 11 is 5.46. The third-order valence-electron chi connectivity index (χ3n) is 3.68. The van der Waals surface area contributed by atoms with Crippen molar-refractivity contribution in [3.63, 3.8) is 0 Å². The fourth-order valence-electron chi connectivity index (χ4n) is 2.41. The Morgan fingerprint density at radius 3 is 2.24 bits per heavy atom. The predicted molar refractivity (Wildman–Crippen MR) is 96.2 cm³/mol. The first-order valence-electron chi connectivity index (χ1n) is 7.60. The summed E-state index contributed by atoms with van der Waals surface area (Å²) < 4.78 is 27.7. The average molecular weight is 380 g/mol. The molecule has 0 aliphatic rings. The Morgan fingerprint density at radius 1 is 1.04 bits per heavy atom. The highest BCUT2D eigenvalue weighted by atomic mass is 35.5. The van der Waals surface area contributed by atoms with Crippen LogP contribution in [-0.4, -0.2) is 31.9 Å². The van der Waals surface area contributed by atoms with Gasteiger partial charge in [-0.25, -0.2) is 8.42 Å². The van der Waals surface area contributed by atoms with Crippen molar-refractivity contribution in [2.75, 3.05) is 5.88 Å². The van der Waals surface area contributed by atoms with Gasteiger partial charge in [-0.3, -0.25) is 9.59 Å². The van der Waals surface area contributed by atoms with Gasteiger partial charge in [0.1, 0.15) is 0 Å². The molecule has 0 amide bonds. The highest BCUT2D eigenvalue weighted by molar-refractivity contribution is 7.89. The first-order valence-corrected chi connectivity index (χ1v) is 9.62. The smallest absolute Gasteiger partial charge is 0.241 e. The minimum absolute atomic E-state index is 0.0629. The number of carbonyl (C=O) groups is 2. The number of nitrogens with one attached hydrogen (secondary N) is 1. The molecule has 1 N–H and O–H groups in total. The zero-order valence-electron chi connectivity index (χ0n) is 13.6. The van der Waals surface area contributed by atoms with E-state index in [-0.39, 0.29) is 11.3 Å². The lowest BCUT2D eigenvalue weighted by Crippen LogP contribution is -2.45. The SMILES string of the molecule is Cc1ccccc1S(=O)(=O)N[C@@H](Cc1ccccc1)C(=O)C(=O)CCl. The van der Waals surface area contributed by atoms with E-state index in [1.54, 1.807) is 49.4 Å². The summed E-state index contributed by atoms with van der Waals surface area (Å²) in [5.41, 5.74) is 1.28. The molecule has 2 rings (SSSR count). The molecule has 2 aromatic carbocycles. The number of Topliss-reactive ketones (excluding diaryl/α,β-unsaturated/α-hetero) is 2. The molecule has 2 aromatic rings. The Bertz CT molecular complexity index is 866. The Morgan fingerprint density at radius 2 is 1.64 bits per heavy atom. The van der Waals surface area contributed by atoms with Crippen molar-refractivity contribution in [1.29, 1.82) is 0 Å². The van der Waals surface area contributed by atoms with Gasteiger partial charge in [-0.2, -0.15) is 4.72 Å². The lowest BCUT2D eigenvalue weighted by Gasteiger charge is -2.18. The quantitative estimate of drug-likeness (QED) is 0.563. The second-order valence-electron chi connectivity index (χ2n) is 5.55. The van der Waals surface area contributed by atoms with Crippen molar-refractivity contribution >= 4 is 33.2 Å². The molecule has 0 saturated heterocycles. The van der Waals surface area contributed by atoms with Crippen molar-refractivity contribution in [3.05, 3.63) is 65.7 Å². The molecule has 0 aliphatic heterocycles. The van der Waals surface area contributed by atoms with Gasteiger partial charge in [0.05, 0.1) is 16.8 Å². The van der Waals surface area contributed by atoms with Gasteiger partial charge in [-0.15, -0.1) is 11.6 Å². The van der Waals surface area contributed by atoms with Crippen molar-refractivity contribution < 1.29 is 18.0 Å². The molecule has 0 unspecified atom stereocenters. The highest BCUT2D eigenvalue weighted by Gasteiger charge is 2.30. The minimum atomic E-state index is -3.96. The summed E-state index contributed by atoms with van der Waals surface area (Å²) in [6.45, 7) is 1.66. The molecule has 5 nitrogen and oxygen atoms in total. The molecular weight excluding hydrogens is 362 g/mol. The summed E-state index contributed by atoms with van der Waals surface area (Å²) in [5.74, 6) is -2.16. The van der Waals surface area contributed by atoms with Gasteiger partial charge in [-0.05, 0) is 30.5 Å². The first kappa shape index (κ1) is 19.3. The van der Waals surface area contributed by atoms with E-state index in [1.807, 2.05) is 6.07 Å². The first-order chi connectivity index (χ1) is 11.8. The van der Waals surface area contributed by atoms with Crippen LogP contribution in [0.4, 0.5) is 0 Å².